The molecule has 27 heavy (non-hydrogen) atoms. The normalized spacial score (nSPS) is 16.5. The largest absolute Gasteiger partial charge is 0.331 e. The van der Waals surface area contributed by atoms with Gasteiger partial charge in [0, 0.05) is 25.5 Å². The molecule has 0 bridgehead atoms. The molecule has 144 valence electrons. The molecule has 0 aliphatic carbocycles. The number of para-hydroxylation sites is 1. The van der Waals surface area contributed by atoms with Crippen LogP contribution in [-0.4, -0.2) is 36.8 Å². The molecular weight excluding hydrogens is 364 g/mol. The molecule has 1 saturated heterocycles. The molecule has 1 aliphatic heterocycles. The lowest BCUT2D eigenvalue weighted by molar-refractivity contribution is 0.249. The van der Waals surface area contributed by atoms with Gasteiger partial charge in [0.15, 0.2) is 0 Å². The van der Waals surface area contributed by atoms with Crippen molar-refractivity contribution in [2.24, 2.45) is 0 Å². The Labute approximate surface area is 159 Å². The first-order valence-corrected chi connectivity index (χ1v) is 10.5. The smallest absolute Gasteiger partial charge is 0.319 e. The van der Waals surface area contributed by atoms with Crippen LogP contribution in [0, 0.1) is 0 Å². The molecule has 7 nitrogen and oxygen atoms in total. The van der Waals surface area contributed by atoms with E-state index in [1.807, 2.05) is 19.1 Å². The first kappa shape index (κ1) is 19.3. The fraction of sp³-hybridized carbons (Fsp3) is 0.368. The summed E-state index contributed by atoms with van der Waals surface area (Å²) in [7, 11) is -3.64. The van der Waals surface area contributed by atoms with Crippen molar-refractivity contribution >= 4 is 21.7 Å². The third kappa shape index (κ3) is 4.64. The molecule has 1 unspecified atom stereocenters. The zero-order valence-corrected chi connectivity index (χ0v) is 16.1. The highest BCUT2D eigenvalue weighted by atomic mass is 32.2. The predicted molar refractivity (Wildman–Crippen MR) is 104 cm³/mol. The van der Waals surface area contributed by atoms with E-state index >= 15 is 0 Å². The molecule has 0 saturated carbocycles. The van der Waals surface area contributed by atoms with Crippen LogP contribution in [0.25, 0.3) is 0 Å². The van der Waals surface area contributed by atoms with Crippen molar-refractivity contribution in [1.29, 1.82) is 0 Å². The minimum absolute atomic E-state index is 0.124. The maximum Gasteiger partial charge on any atom is 0.319 e. The third-order valence-electron chi connectivity index (χ3n) is 4.62. The molecule has 1 atom stereocenters. The Balaban J connectivity index is 1.75. The van der Waals surface area contributed by atoms with Gasteiger partial charge in [-0.2, -0.15) is 4.31 Å². The lowest BCUT2D eigenvalue weighted by Gasteiger charge is -2.27. The number of amides is 2. The van der Waals surface area contributed by atoms with Crippen LogP contribution < -0.4 is 10.6 Å². The van der Waals surface area contributed by atoms with E-state index in [1.54, 1.807) is 30.6 Å². The van der Waals surface area contributed by atoms with Gasteiger partial charge in [-0.1, -0.05) is 18.6 Å². The van der Waals surface area contributed by atoms with Crippen LogP contribution in [0.3, 0.4) is 0 Å². The van der Waals surface area contributed by atoms with E-state index in [4.69, 9.17) is 0 Å². The van der Waals surface area contributed by atoms with E-state index in [1.165, 1.54) is 10.4 Å². The van der Waals surface area contributed by atoms with Crippen molar-refractivity contribution in [3.05, 3.63) is 54.4 Å². The van der Waals surface area contributed by atoms with Crippen molar-refractivity contribution in [2.75, 3.05) is 18.4 Å². The zero-order chi connectivity index (χ0) is 19.3. The summed E-state index contributed by atoms with van der Waals surface area (Å²) in [6, 6.07) is 9.45. The van der Waals surface area contributed by atoms with Gasteiger partial charge in [0.05, 0.1) is 11.7 Å². The molecule has 1 aromatic heterocycles. The van der Waals surface area contributed by atoms with E-state index in [0.29, 0.717) is 13.1 Å². The highest BCUT2D eigenvalue weighted by Crippen LogP contribution is 2.26. The molecule has 1 aromatic carbocycles. The first-order chi connectivity index (χ1) is 13.0. The Hall–Kier alpha value is -2.45. The number of benzene rings is 1. The van der Waals surface area contributed by atoms with Gasteiger partial charge >= 0.3 is 6.03 Å². The minimum Gasteiger partial charge on any atom is -0.331 e. The number of carbonyl (C=O) groups is 1. The number of sulfonamides is 1. The van der Waals surface area contributed by atoms with Gasteiger partial charge in [0.1, 0.15) is 4.90 Å². The number of hydrogen-bond donors (Lipinski definition) is 2. The van der Waals surface area contributed by atoms with E-state index in [0.717, 1.165) is 24.8 Å². The molecule has 8 heteroatoms. The summed E-state index contributed by atoms with van der Waals surface area (Å²) in [5, 5.41) is 5.50. The molecule has 2 heterocycles. The molecule has 0 radical (unpaired) electrons. The summed E-state index contributed by atoms with van der Waals surface area (Å²) in [5.41, 5.74) is 1.19. The van der Waals surface area contributed by atoms with E-state index in [2.05, 4.69) is 15.6 Å². The van der Waals surface area contributed by atoms with Gasteiger partial charge in [-0.25, -0.2) is 13.2 Å². The number of carbonyl (C=O) groups excluding carboxylic acids is 1. The number of nitrogens with one attached hydrogen (secondary N) is 2. The van der Waals surface area contributed by atoms with Gasteiger partial charge in [0.2, 0.25) is 10.0 Å². The van der Waals surface area contributed by atoms with Crippen LogP contribution >= 0.6 is 0 Å². The minimum atomic E-state index is -3.64. The average Bonchev–Trinajstić information content (AvgIpc) is 2.69. The van der Waals surface area contributed by atoms with Crippen molar-refractivity contribution in [3.63, 3.8) is 0 Å². The number of aromatic nitrogens is 1. The number of rotatable bonds is 5. The fourth-order valence-corrected chi connectivity index (χ4v) is 4.79. The van der Waals surface area contributed by atoms with E-state index < -0.39 is 16.1 Å². The molecule has 2 amide bonds. The number of hydrogen-bond acceptors (Lipinski definition) is 4. The highest BCUT2D eigenvalue weighted by Gasteiger charge is 2.28. The summed E-state index contributed by atoms with van der Waals surface area (Å²) in [5.74, 6) is 0. The Kier molecular flexibility index (Phi) is 6.08. The SMILES string of the molecule is CC(NC(=O)Nc1ccccc1S(=O)(=O)N1CCCCC1)c1ccncc1. The Morgan fingerprint density at radius 2 is 1.74 bits per heavy atom. The topological polar surface area (TPSA) is 91.4 Å². The van der Waals surface area contributed by atoms with Crippen molar-refractivity contribution in [3.8, 4) is 0 Å². The summed E-state index contributed by atoms with van der Waals surface area (Å²) in [6.07, 6.45) is 6.08. The maximum absolute atomic E-state index is 13.0. The van der Waals surface area contributed by atoms with Gasteiger partial charge in [0.25, 0.3) is 0 Å². The average molecular weight is 388 g/mol. The van der Waals surface area contributed by atoms with E-state index in [9.17, 15) is 13.2 Å². The number of pyridine rings is 1. The van der Waals surface area contributed by atoms with Crippen LogP contribution in [-0.2, 0) is 10.0 Å². The van der Waals surface area contributed by atoms with Crippen molar-refractivity contribution in [2.45, 2.75) is 37.1 Å². The lowest BCUT2D eigenvalue weighted by Crippen LogP contribution is -2.36. The van der Waals surface area contributed by atoms with E-state index in [-0.39, 0.29) is 16.6 Å². The quantitative estimate of drug-likeness (QED) is 0.823. The molecule has 3 rings (SSSR count). The van der Waals surface area contributed by atoms with Gasteiger partial charge in [-0.15, -0.1) is 0 Å². The Morgan fingerprint density at radius 1 is 1.07 bits per heavy atom. The summed E-state index contributed by atoms with van der Waals surface area (Å²) < 4.78 is 27.5. The second kappa shape index (κ2) is 8.49. The molecule has 1 aliphatic rings. The van der Waals surface area contributed by atoms with Crippen LogP contribution in [0.2, 0.25) is 0 Å². The number of piperidine rings is 1. The predicted octanol–water partition coefficient (Wildman–Crippen LogP) is 3.14. The third-order valence-corrected chi connectivity index (χ3v) is 6.58. The van der Waals surface area contributed by atoms with Gasteiger partial charge < -0.3 is 10.6 Å². The maximum atomic E-state index is 13.0. The summed E-state index contributed by atoms with van der Waals surface area (Å²) in [4.78, 5) is 16.5. The Morgan fingerprint density at radius 3 is 2.44 bits per heavy atom. The molecule has 1 fully saturated rings. The fourth-order valence-electron chi connectivity index (χ4n) is 3.13. The molecular formula is C19H24N4O3S. The first-order valence-electron chi connectivity index (χ1n) is 9.05. The van der Waals surface area contributed by atoms with Crippen LogP contribution in [0.1, 0.15) is 37.8 Å². The van der Waals surface area contributed by atoms with Crippen LogP contribution in [0.4, 0.5) is 10.5 Å². The second-order valence-corrected chi connectivity index (χ2v) is 8.47. The van der Waals surface area contributed by atoms with Gasteiger partial charge in [-0.3, -0.25) is 4.98 Å². The zero-order valence-electron chi connectivity index (χ0n) is 15.3. The second-order valence-electron chi connectivity index (χ2n) is 6.56. The van der Waals surface area contributed by atoms with Crippen LogP contribution in [0.15, 0.2) is 53.7 Å². The molecule has 2 aromatic rings. The molecule has 2 N–H and O–H groups in total. The standard InChI is InChI=1S/C19H24N4O3S/c1-15(16-9-11-20-12-10-16)21-19(24)22-17-7-3-4-8-18(17)27(25,26)23-13-5-2-6-14-23/h3-4,7-12,15H,2,5-6,13-14H2,1H3,(H2,21,22,24). The number of urea groups is 1. The van der Waals surface area contributed by atoms with Crippen molar-refractivity contribution < 1.29 is 13.2 Å². The number of anilines is 1. The highest BCUT2D eigenvalue weighted by molar-refractivity contribution is 7.89. The monoisotopic (exact) mass is 388 g/mol. The summed E-state index contributed by atoms with van der Waals surface area (Å²) >= 11 is 0. The van der Waals surface area contributed by atoms with Gasteiger partial charge in [-0.05, 0) is 49.6 Å². The number of nitrogens with zero attached hydrogens (tertiary/aromatic N) is 2. The van der Waals surface area contributed by atoms with Crippen molar-refractivity contribution in [1.82, 2.24) is 14.6 Å². The molecule has 0 spiro atoms. The lowest BCUT2D eigenvalue weighted by atomic mass is 10.1. The van der Waals surface area contributed by atoms with Crippen LogP contribution in [0.5, 0.6) is 0 Å². The Bertz CT molecular complexity index is 881. The summed E-state index contributed by atoms with van der Waals surface area (Å²) in [6.45, 7) is 2.88.